The lowest BCUT2D eigenvalue weighted by atomic mass is 9.89. The molecule has 2 aromatic rings. The maximum Gasteiger partial charge on any atom is 0.336 e. The number of nitrogen functional groups attached to an aromatic ring is 1. The van der Waals surface area contributed by atoms with Crippen LogP contribution in [-0.2, 0) is 29.8 Å². The number of nitrogens with zero attached hydrogens (tertiary/aromatic N) is 1. The van der Waals surface area contributed by atoms with Gasteiger partial charge in [0.2, 0.25) is 0 Å². The first-order chi connectivity index (χ1) is 22.0. The predicted molar refractivity (Wildman–Crippen MR) is 163 cm³/mol. The fraction of sp³-hybridized carbons (Fsp3) is 0.138. The fourth-order valence-electron chi connectivity index (χ4n) is 5.23. The summed E-state index contributed by atoms with van der Waals surface area (Å²) in [6.45, 7) is 0.269. The lowest BCUT2D eigenvalue weighted by Crippen LogP contribution is -2.31. The van der Waals surface area contributed by atoms with Gasteiger partial charge in [-0.05, 0) is 54.8 Å². The lowest BCUT2D eigenvalue weighted by molar-refractivity contribution is -0.136. The van der Waals surface area contributed by atoms with Gasteiger partial charge < -0.3 is 20.6 Å². The van der Waals surface area contributed by atoms with Gasteiger partial charge in [-0.25, -0.2) is 4.79 Å². The van der Waals surface area contributed by atoms with Crippen molar-refractivity contribution in [3.8, 4) is 22.5 Å². The molecule has 7 N–H and O–H groups in total. The largest absolute Gasteiger partial charge is 0.478 e. The summed E-state index contributed by atoms with van der Waals surface area (Å²) in [6, 6.07) is 8.03. The van der Waals surface area contributed by atoms with E-state index in [-0.39, 0.29) is 40.7 Å². The second kappa shape index (κ2) is 12.1. The number of benzene rings is 3. The second-order valence-corrected chi connectivity index (χ2v) is 13.0. The number of hydrogen-bond donors (Lipinski definition) is 6. The Bertz CT molecular complexity index is 2290. The zero-order valence-corrected chi connectivity index (χ0v) is 25.5. The van der Waals surface area contributed by atoms with E-state index < -0.39 is 81.7 Å². The van der Waals surface area contributed by atoms with Crippen LogP contribution in [0.3, 0.4) is 0 Å². The number of unbranched alkanes of at least 4 members (excludes halogenated alkanes) is 1. The molecular weight excluding hydrogens is 660 g/mol. The minimum Gasteiger partial charge on any atom is -0.478 e. The summed E-state index contributed by atoms with van der Waals surface area (Å²) in [5.74, 6) is -3.80. The van der Waals surface area contributed by atoms with Crippen molar-refractivity contribution in [1.29, 1.82) is 5.41 Å². The van der Waals surface area contributed by atoms with Gasteiger partial charge in [0.25, 0.3) is 38.0 Å². The van der Waals surface area contributed by atoms with Crippen molar-refractivity contribution in [2.45, 2.75) is 22.6 Å². The molecule has 0 saturated heterocycles. The number of aromatic carboxylic acids is 1. The van der Waals surface area contributed by atoms with Crippen molar-refractivity contribution in [2.24, 2.45) is 0 Å². The molecule has 0 fully saturated rings. The highest BCUT2D eigenvalue weighted by Gasteiger charge is 2.32. The summed E-state index contributed by atoms with van der Waals surface area (Å²) in [5.41, 5.74) is 3.57. The summed E-state index contributed by atoms with van der Waals surface area (Å²) >= 11 is 0. The van der Waals surface area contributed by atoms with Gasteiger partial charge in [-0.3, -0.25) is 33.8 Å². The van der Waals surface area contributed by atoms with Crippen LogP contribution >= 0.6 is 0 Å². The summed E-state index contributed by atoms with van der Waals surface area (Å²) in [7, 11) is -10.3. The van der Waals surface area contributed by atoms with Gasteiger partial charge in [-0.2, -0.15) is 16.8 Å². The second-order valence-electron chi connectivity index (χ2n) is 10.3. The van der Waals surface area contributed by atoms with E-state index in [1.54, 1.807) is 0 Å². The summed E-state index contributed by atoms with van der Waals surface area (Å²) < 4.78 is 74.9. The van der Waals surface area contributed by atoms with Crippen LogP contribution in [0.2, 0.25) is 0 Å². The molecule has 1 aliphatic carbocycles. The van der Waals surface area contributed by atoms with E-state index in [9.17, 15) is 50.2 Å². The molecule has 2 aliphatic heterocycles. The van der Waals surface area contributed by atoms with Gasteiger partial charge in [0, 0.05) is 47.3 Å². The number of rotatable bonds is 10. The number of fused-ring (bicyclic) bond motifs is 2. The van der Waals surface area contributed by atoms with E-state index in [0.29, 0.717) is 12.8 Å². The van der Waals surface area contributed by atoms with Crippen molar-refractivity contribution in [1.82, 2.24) is 10.2 Å². The van der Waals surface area contributed by atoms with Crippen LogP contribution in [0.5, 0.6) is 0 Å². The summed E-state index contributed by atoms with van der Waals surface area (Å²) in [4.78, 5) is 47.8. The predicted octanol–water partition coefficient (Wildman–Crippen LogP) is 1.89. The van der Waals surface area contributed by atoms with Crippen molar-refractivity contribution in [2.75, 3.05) is 18.8 Å². The minimum absolute atomic E-state index is 0.0931. The van der Waals surface area contributed by atoms with Gasteiger partial charge in [-0.1, -0.05) is 6.07 Å². The molecule has 2 aromatic carbocycles. The fourth-order valence-corrected chi connectivity index (χ4v) is 6.71. The SMILES string of the molecule is N=c1ccc2c(-c3ccc(C(=O)NCCCCN4C(=O)C=CC4=O)cc3C(=O)O)c3ccc(N)c(S(=O)(=O)O)c3oc-2c1S(=O)(=O)O. The Kier molecular flexibility index (Phi) is 8.46. The summed E-state index contributed by atoms with van der Waals surface area (Å²) in [6.07, 6.45) is 3.09. The number of carbonyl (C=O) groups is 4. The average molecular weight is 685 g/mol. The molecule has 0 spiro atoms. The Morgan fingerprint density at radius 1 is 0.894 bits per heavy atom. The van der Waals surface area contributed by atoms with Crippen molar-refractivity contribution in [3.63, 3.8) is 0 Å². The molecule has 0 atom stereocenters. The normalized spacial score (nSPS) is 13.5. The van der Waals surface area contributed by atoms with Crippen molar-refractivity contribution >= 4 is 60.6 Å². The van der Waals surface area contributed by atoms with Crippen LogP contribution in [0.25, 0.3) is 33.4 Å². The van der Waals surface area contributed by atoms with E-state index in [1.807, 2.05) is 0 Å². The maximum absolute atomic E-state index is 12.9. The van der Waals surface area contributed by atoms with E-state index in [2.05, 4.69) is 5.32 Å². The van der Waals surface area contributed by atoms with Crippen LogP contribution in [0, 0.1) is 5.41 Å². The number of nitrogens with one attached hydrogen (secondary N) is 2. The standard InChI is InChI=1S/C29H24N4O12S2/c30-19-7-5-16-23(17-6-8-20(31)27(47(42,43)44)25(17)45-24(16)26(19)46(39,40)41)15-4-3-14(13-18(15)29(37)38)28(36)32-11-1-2-12-33-21(34)9-10-22(33)35/h3-10,13,30H,1-2,11-12,31H2,(H,32,36)(H,37,38)(H,39,40,41)(H,42,43,44). The number of amides is 3. The highest BCUT2D eigenvalue weighted by atomic mass is 32.2. The molecule has 16 nitrogen and oxygen atoms in total. The number of hydrogen-bond acceptors (Lipinski definition) is 11. The highest BCUT2D eigenvalue weighted by Crippen LogP contribution is 2.45. The number of carbonyl (C=O) groups excluding carboxylic acids is 3. The molecule has 2 heterocycles. The van der Waals surface area contributed by atoms with Crippen LogP contribution in [0.15, 0.2) is 68.8 Å². The Labute approximate surface area is 265 Å². The average Bonchev–Trinajstić information content (AvgIpc) is 3.30. The topological polar surface area (TPSA) is 276 Å². The van der Waals surface area contributed by atoms with Gasteiger partial charge >= 0.3 is 5.97 Å². The third kappa shape index (κ3) is 6.21. The molecule has 244 valence electrons. The molecule has 0 unspecified atom stereocenters. The third-order valence-corrected chi connectivity index (χ3v) is 9.15. The van der Waals surface area contributed by atoms with E-state index in [1.165, 1.54) is 24.3 Å². The Morgan fingerprint density at radius 2 is 1.53 bits per heavy atom. The third-order valence-electron chi connectivity index (χ3n) is 7.29. The zero-order valence-electron chi connectivity index (χ0n) is 23.9. The molecule has 47 heavy (non-hydrogen) atoms. The quantitative estimate of drug-likeness (QED) is 0.0458. The molecule has 0 bridgehead atoms. The van der Waals surface area contributed by atoms with Crippen molar-refractivity contribution in [3.05, 3.63) is 71.1 Å². The molecular formula is C29H24N4O12S2. The molecule has 3 amide bonds. The maximum atomic E-state index is 12.9. The van der Waals surface area contributed by atoms with Gasteiger partial charge in [0.05, 0.1) is 16.6 Å². The molecule has 0 saturated carbocycles. The van der Waals surface area contributed by atoms with E-state index in [4.69, 9.17) is 15.6 Å². The molecule has 3 aliphatic rings. The Morgan fingerprint density at radius 3 is 2.15 bits per heavy atom. The van der Waals surface area contributed by atoms with Crippen LogP contribution in [0.4, 0.5) is 5.69 Å². The van der Waals surface area contributed by atoms with Crippen molar-refractivity contribution < 1.29 is 54.6 Å². The van der Waals surface area contributed by atoms with E-state index in [0.717, 1.165) is 35.3 Å². The molecule has 0 aromatic heterocycles. The number of imide groups is 1. The number of carboxylic acids is 1. The molecule has 18 heteroatoms. The monoisotopic (exact) mass is 684 g/mol. The summed E-state index contributed by atoms with van der Waals surface area (Å²) in [5, 5.41) is 20.0. The van der Waals surface area contributed by atoms with Crippen LogP contribution in [0.1, 0.15) is 33.6 Å². The number of nitrogens with two attached hydrogens (primary N) is 1. The van der Waals surface area contributed by atoms with Crippen LogP contribution < -0.4 is 16.4 Å². The highest BCUT2D eigenvalue weighted by molar-refractivity contribution is 7.86. The van der Waals surface area contributed by atoms with Gasteiger partial charge in [0.15, 0.2) is 21.1 Å². The molecule has 5 rings (SSSR count). The number of carboxylic acid groups (broad SMARTS) is 1. The van der Waals surface area contributed by atoms with Gasteiger partial charge in [-0.15, -0.1) is 0 Å². The smallest absolute Gasteiger partial charge is 0.336 e. The Hall–Kier alpha value is -5.43. The lowest BCUT2D eigenvalue weighted by Gasteiger charge is -2.20. The van der Waals surface area contributed by atoms with E-state index >= 15 is 0 Å². The van der Waals surface area contributed by atoms with Crippen LogP contribution in [-0.4, -0.2) is 72.7 Å². The number of anilines is 1. The first-order valence-electron chi connectivity index (χ1n) is 13.5. The first kappa shape index (κ1) is 32.9. The van der Waals surface area contributed by atoms with Gasteiger partial charge in [0.1, 0.15) is 0 Å². The minimum atomic E-state index is -5.19. The first-order valence-corrected chi connectivity index (χ1v) is 16.4. The molecule has 0 radical (unpaired) electrons. The Balaban J connectivity index is 1.60. The zero-order chi connectivity index (χ0) is 34.4.